The molecule has 6 heteroatoms. The molecule has 0 amide bonds. The number of rotatable bonds is 5. The zero-order chi connectivity index (χ0) is 13.7. The number of hydrogen-bond acceptors (Lipinski definition) is 4. The summed E-state index contributed by atoms with van der Waals surface area (Å²) in [6.45, 7) is 3.60. The van der Waals surface area contributed by atoms with Crippen LogP contribution in [-0.4, -0.2) is 31.7 Å². The van der Waals surface area contributed by atoms with Gasteiger partial charge in [0, 0.05) is 20.2 Å². The minimum absolute atomic E-state index is 0.130. The van der Waals surface area contributed by atoms with E-state index < -0.39 is 0 Å². The van der Waals surface area contributed by atoms with E-state index in [0.29, 0.717) is 25.0 Å². The summed E-state index contributed by atoms with van der Waals surface area (Å²) in [5.41, 5.74) is 1.09. The number of methoxy groups -OCH3 is 1. The SMILES string of the molecule is COC(C)CNC(=S)NCc1ccc2c(c1)OCO2. The fourth-order valence-corrected chi connectivity index (χ4v) is 1.77. The molecular weight excluding hydrogens is 264 g/mol. The highest BCUT2D eigenvalue weighted by Crippen LogP contribution is 2.32. The molecular formula is C13H18N2O3S. The van der Waals surface area contributed by atoms with Crippen molar-refractivity contribution in [1.82, 2.24) is 10.6 Å². The first-order chi connectivity index (χ1) is 9.19. The highest BCUT2D eigenvalue weighted by molar-refractivity contribution is 7.80. The van der Waals surface area contributed by atoms with Crippen LogP contribution in [0.3, 0.4) is 0 Å². The van der Waals surface area contributed by atoms with E-state index in [1.807, 2.05) is 25.1 Å². The molecule has 1 aromatic carbocycles. The molecule has 1 aliphatic heterocycles. The van der Waals surface area contributed by atoms with E-state index in [2.05, 4.69) is 10.6 Å². The molecule has 104 valence electrons. The summed E-state index contributed by atoms with van der Waals surface area (Å²) < 4.78 is 15.7. The molecule has 0 bridgehead atoms. The number of hydrogen-bond donors (Lipinski definition) is 2. The zero-order valence-corrected chi connectivity index (χ0v) is 11.9. The number of ether oxygens (including phenoxy) is 3. The average Bonchev–Trinajstić information content (AvgIpc) is 2.89. The molecule has 0 fully saturated rings. The minimum atomic E-state index is 0.130. The van der Waals surface area contributed by atoms with Crippen molar-refractivity contribution in [2.75, 3.05) is 20.4 Å². The lowest BCUT2D eigenvalue weighted by atomic mass is 10.2. The van der Waals surface area contributed by atoms with E-state index in [9.17, 15) is 0 Å². The van der Waals surface area contributed by atoms with Gasteiger partial charge in [-0.1, -0.05) is 6.07 Å². The van der Waals surface area contributed by atoms with Crippen molar-refractivity contribution >= 4 is 17.3 Å². The van der Waals surface area contributed by atoms with Crippen molar-refractivity contribution in [2.24, 2.45) is 0 Å². The van der Waals surface area contributed by atoms with Gasteiger partial charge in [0.05, 0.1) is 6.10 Å². The molecule has 2 N–H and O–H groups in total. The predicted molar refractivity (Wildman–Crippen MR) is 76.5 cm³/mol. The molecule has 1 aliphatic rings. The van der Waals surface area contributed by atoms with Gasteiger partial charge < -0.3 is 24.8 Å². The summed E-state index contributed by atoms with van der Waals surface area (Å²) in [5, 5.41) is 6.85. The second-order valence-corrected chi connectivity index (χ2v) is 4.71. The Morgan fingerprint density at radius 3 is 2.95 bits per heavy atom. The van der Waals surface area contributed by atoms with Gasteiger partial charge in [0.1, 0.15) is 0 Å². The summed E-state index contributed by atoms with van der Waals surface area (Å²) in [4.78, 5) is 0. The van der Waals surface area contributed by atoms with Crippen molar-refractivity contribution in [3.05, 3.63) is 23.8 Å². The van der Waals surface area contributed by atoms with Crippen LogP contribution in [0.1, 0.15) is 12.5 Å². The lowest BCUT2D eigenvalue weighted by molar-refractivity contribution is 0.121. The Morgan fingerprint density at radius 2 is 2.16 bits per heavy atom. The fraction of sp³-hybridized carbons (Fsp3) is 0.462. The number of thiocarbonyl (C=S) groups is 1. The largest absolute Gasteiger partial charge is 0.454 e. The van der Waals surface area contributed by atoms with Crippen LogP contribution >= 0.6 is 12.2 Å². The lowest BCUT2D eigenvalue weighted by Gasteiger charge is -2.14. The fourth-order valence-electron chi connectivity index (χ4n) is 1.62. The molecule has 2 rings (SSSR count). The molecule has 1 aromatic rings. The lowest BCUT2D eigenvalue weighted by Crippen LogP contribution is -2.38. The predicted octanol–water partition coefficient (Wildman–Crippen LogP) is 1.41. The minimum Gasteiger partial charge on any atom is -0.454 e. The maximum atomic E-state index is 5.32. The zero-order valence-electron chi connectivity index (χ0n) is 11.1. The second kappa shape index (κ2) is 6.58. The quantitative estimate of drug-likeness (QED) is 0.797. The molecule has 0 saturated carbocycles. The van der Waals surface area contributed by atoms with Crippen LogP contribution in [0.2, 0.25) is 0 Å². The topological polar surface area (TPSA) is 51.8 Å². The Kier molecular flexibility index (Phi) is 4.81. The van der Waals surface area contributed by atoms with Crippen LogP contribution in [-0.2, 0) is 11.3 Å². The van der Waals surface area contributed by atoms with Gasteiger partial charge in [0.15, 0.2) is 16.6 Å². The van der Waals surface area contributed by atoms with Crippen LogP contribution in [0.25, 0.3) is 0 Å². The molecule has 0 saturated heterocycles. The van der Waals surface area contributed by atoms with Crippen LogP contribution < -0.4 is 20.1 Å². The van der Waals surface area contributed by atoms with E-state index in [1.54, 1.807) is 7.11 Å². The van der Waals surface area contributed by atoms with Gasteiger partial charge in [0.25, 0.3) is 0 Å². The van der Waals surface area contributed by atoms with Crippen molar-refractivity contribution in [2.45, 2.75) is 19.6 Å². The maximum absolute atomic E-state index is 5.32. The molecule has 19 heavy (non-hydrogen) atoms. The Labute approximate surface area is 118 Å². The molecule has 1 atom stereocenters. The van der Waals surface area contributed by atoms with Gasteiger partial charge in [0.2, 0.25) is 6.79 Å². The Hall–Kier alpha value is -1.53. The smallest absolute Gasteiger partial charge is 0.231 e. The van der Waals surface area contributed by atoms with E-state index in [1.165, 1.54) is 0 Å². The summed E-state index contributed by atoms with van der Waals surface area (Å²) in [7, 11) is 1.68. The standard InChI is InChI=1S/C13H18N2O3S/c1-9(16-2)6-14-13(19)15-7-10-3-4-11-12(5-10)18-8-17-11/h3-5,9H,6-8H2,1-2H3,(H2,14,15,19). The Balaban J connectivity index is 1.77. The number of nitrogens with one attached hydrogen (secondary N) is 2. The molecule has 1 heterocycles. The van der Waals surface area contributed by atoms with Gasteiger partial charge >= 0.3 is 0 Å². The van der Waals surface area contributed by atoms with Crippen LogP contribution in [0.5, 0.6) is 11.5 Å². The number of fused-ring (bicyclic) bond motifs is 1. The molecule has 1 unspecified atom stereocenters. The first-order valence-corrected chi connectivity index (χ1v) is 6.53. The van der Waals surface area contributed by atoms with Gasteiger partial charge in [-0.05, 0) is 36.8 Å². The third-order valence-corrected chi connectivity index (χ3v) is 3.13. The second-order valence-electron chi connectivity index (χ2n) is 4.30. The van der Waals surface area contributed by atoms with Crippen LogP contribution in [0, 0.1) is 0 Å². The average molecular weight is 282 g/mol. The van der Waals surface area contributed by atoms with Gasteiger partial charge in [-0.2, -0.15) is 0 Å². The summed E-state index contributed by atoms with van der Waals surface area (Å²) in [6.07, 6.45) is 0.130. The molecule has 0 aromatic heterocycles. The van der Waals surface area contributed by atoms with Gasteiger partial charge in [-0.15, -0.1) is 0 Å². The first kappa shape index (κ1) is 13.9. The first-order valence-electron chi connectivity index (χ1n) is 6.12. The third-order valence-electron chi connectivity index (χ3n) is 2.84. The molecule has 0 radical (unpaired) electrons. The Bertz CT molecular complexity index is 454. The van der Waals surface area contributed by atoms with Crippen molar-refractivity contribution in [3.63, 3.8) is 0 Å². The summed E-state index contributed by atoms with van der Waals surface area (Å²) in [6, 6.07) is 5.85. The van der Waals surface area contributed by atoms with Gasteiger partial charge in [-0.25, -0.2) is 0 Å². The highest BCUT2D eigenvalue weighted by Gasteiger charge is 2.13. The van der Waals surface area contributed by atoms with Crippen molar-refractivity contribution in [1.29, 1.82) is 0 Å². The molecule has 5 nitrogen and oxygen atoms in total. The Morgan fingerprint density at radius 1 is 1.37 bits per heavy atom. The van der Waals surface area contributed by atoms with E-state index in [0.717, 1.165) is 17.1 Å². The third kappa shape index (κ3) is 3.97. The van der Waals surface area contributed by atoms with Crippen molar-refractivity contribution < 1.29 is 14.2 Å². The summed E-state index contributed by atoms with van der Waals surface area (Å²) >= 11 is 5.19. The van der Waals surface area contributed by atoms with Crippen molar-refractivity contribution in [3.8, 4) is 11.5 Å². The van der Waals surface area contributed by atoms with E-state index >= 15 is 0 Å². The highest BCUT2D eigenvalue weighted by atomic mass is 32.1. The molecule has 0 aliphatic carbocycles. The van der Waals surface area contributed by atoms with E-state index in [4.69, 9.17) is 26.4 Å². The monoisotopic (exact) mass is 282 g/mol. The maximum Gasteiger partial charge on any atom is 0.231 e. The number of benzene rings is 1. The van der Waals surface area contributed by atoms with Crippen LogP contribution in [0.15, 0.2) is 18.2 Å². The van der Waals surface area contributed by atoms with E-state index in [-0.39, 0.29) is 6.10 Å². The molecule has 0 spiro atoms. The normalized spacial score (nSPS) is 14.0. The van der Waals surface area contributed by atoms with Crippen LogP contribution in [0.4, 0.5) is 0 Å². The van der Waals surface area contributed by atoms with Gasteiger partial charge in [-0.3, -0.25) is 0 Å². The summed E-state index contributed by atoms with van der Waals surface area (Å²) in [5.74, 6) is 1.57.